The number of rotatable bonds is 0. The Hall–Kier alpha value is -1.39. The molecule has 0 atom stereocenters. The lowest BCUT2D eigenvalue weighted by molar-refractivity contribution is 0.0990. The van der Waals surface area contributed by atoms with E-state index < -0.39 is 0 Å². The van der Waals surface area contributed by atoms with E-state index in [1.165, 1.54) is 11.8 Å². The van der Waals surface area contributed by atoms with Crippen LogP contribution >= 0.6 is 23.4 Å². The monoisotopic (exact) mass is 262 g/mol. The third-order valence-electron chi connectivity index (χ3n) is 2.54. The lowest BCUT2D eigenvalue weighted by atomic mass is 10.1. The van der Waals surface area contributed by atoms with Crippen LogP contribution in [0.5, 0.6) is 0 Å². The molecule has 3 nitrogen and oxygen atoms in total. The molecule has 1 aliphatic heterocycles. The van der Waals surface area contributed by atoms with Crippen molar-refractivity contribution in [3.05, 3.63) is 46.9 Å². The number of hydrogen-bond donors (Lipinski definition) is 0. The zero-order valence-corrected chi connectivity index (χ0v) is 10.3. The molecule has 0 saturated carbocycles. The van der Waals surface area contributed by atoms with Crippen molar-refractivity contribution in [3.8, 4) is 0 Å². The maximum Gasteiger partial charge on any atom is 0.223 e. The van der Waals surface area contributed by atoms with Gasteiger partial charge in [0.05, 0.1) is 0 Å². The third kappa shape index (κ3) is 1.94. The molecule has 5 heteroatoms. The van der Waals surface area contributed by atoms with Gasteiger partial charge in [0.1, 0.15) is 5.03 Å². The van der Waals surface area contributed by atoms with Crippen LogP contribution in [0, 0.1) is 0 Å². The van der Waals surface area contributed by atoms with E-state index in [-0.39, 0.29) is 11.1 Å². The van der Waals surface area contributed by atoms with Crippen molar-refractivity contribution in [1.82, 2.24) is 9.97 Å². The van der Waals surface area contributed by atoms with Crippen LogP contribution in [-0.4, -0.2) is 15.8 Å². The van der Waals surface area contributed by atoms with Gasteiger partial charge in [-0.1, -0.05) is 30.0 Å². The molecule has 0 saturated heterocycles. The quantitative estimate of drug-likeness (QED) is 0.541. The minimum Gasteiger partial charge on any atom is -0.294 e. The second-order valence-corrected chi connectivity index (χ2v) is 5.04. The molecule has 1 aromatic heterocycles. The van der Waals surface area contributed by atoms with Crippen LogP contribution in [-0.2, 0) is 6.42 Å². The zero-order valence-electron chi connectivity index (χ0n) is 8.68. The van der Waals surface area contributed by atoms with E-state index in [4.69, 9.17) is 11.6 Å². The Morgan fingerprint density at radius 2 is 2.12 bits per heavy atom. The van der Waals surface area contributed by atoms with Crippen LogP contribution < -0.4 is 0 Å². The molecular formula is C12H7ClN2OS. The van der Waals surface area contributed by atoms with E-state index in [1.54, 1.807) is 6.20 Å². The topological polar surface area (TPSA) is 42.9 Å². The van der Waals surface area contributed by atoms with Crippen molar-refractivity contribution in [2.45, 2.75) is 16.3 Å². The molecular weight excluding hydrogens is 256 g/mol. The number of halogens is 1. The van der Waals surface area contributed by atoms with E-state index in [9.17, 15) is 4.79 Å². The summed E-state index contributed by atoms with van der Waals surface area (Å²) in [6.07, 6.45) is 1.96. The fourth-order valence-corrected chi connectivity index (χ4v) is 2.96. The van der Waals surface area contributed by atoms with Crippen molar-refractivity contribution in [2.24, 2.45) is 0 Å². The van der Waals surface area contributed by atoms with Crippen LogP contribution in [0.3, 0.4) is 0 Å². The minimum atomic E-state index is 0.0952. The number of ketones is 1. The molecule has 0 N–H and O–H groups in total. The molecule has 3 rings (SSSR count). The van der Waals surface area contributed by atoms with Gasteiger partial charge in [0.15, 0.2) is 5.78 Å². The molecule has 84 valence electrons. The standard InChI is InChI=1S/C12H7ClN2OS/c13-12-14-6-7-5-9(16)8-3-1-2-4-10(8)17-11(7)15-12/h1-4,6H,5H2. The van der Waals surface area contributed by atoms with Gasteiger partial charge in [-0.2, -0.15) is 0 Å². The van der Waals surface area contributed by atoms with Crippen LogP contribution in [0.4, 0.5) is 0 Å². The number of Topliss-reactive ketones (excluding diaryl/α,β-unsaturated/α-hetero) is 1. The Morgan fingerprint density at radius 3 is 3.00 bits per heavy atom. The first-order valence-corrected chi connectivity index (χ1v) is 6.25. The predicted molar refractivity (Wildman–Crippen MR) is 65.6 cm³/mol. The smallest absolute Gasteiger partial charge is 0.223 e. The summed E-state index contributed by atoms with van der Waals surface area (Å²) in [6, 6.07) is 7.54. The van der Waals surface area contributed by atoms with E-state index in [1.807, 2.05) is 24.3 Å². The van der Waals surface area contributed by atoms with Gasteiger partial charge < -0.3 is 0 Å². The summed E-state index contributed by atoms with van der Waals surface area (Å²) in [6.45, 7) is 0. The van der Waals surface area contributed by atoms with Crippen LogP contribution in [0.15, 0.2) is 40.4 Å². The highest BCUT2D eigenvalue weighted by atomic mass is 35.5. The molecule has 0 spiro atoms. The predicted octanol–water partition coefficient (Wildman–Crippen LogP) is 3.02. The first-order chi connectivity index (χ1) is 8.24. The van der Waals surface area contributed by atoms with Crippen LogP contribution in [0.2, 0.25) is 5.28 Å². The highest BCUT2D eigenvalue weighted by molar-refractivity contribution is 7.99. The van der Waals surface area contributed by atoms with Crippen LogP contribution in [0.1, 0.15) is 15.9 Å². The number of fused-ring (bicyclic) bond motifs is 2. The molecule has 2 heterocycles. The van der Waals surface area contributed by atoms with Crippen molar-refractivity contribution < 1.29 is 4.79 Å². The molecule has 0 radical (unpaired) electrons. The maximum atomic E-state index is 12.1. The second kappa shape index (κ2) is 4.13. The Bertz CT molecular complexity index is 615. The summed E-state index contributed by atoms with van der Waals surface area (Å²) in [5.41, 5.74) is 1.58. The zero-order chi connectivity index (χ0) is 11.8. The van der Waals surface area contributed by atoms with E-state index >= 15 is 0 Å². The second-order valence-electron chi connectivity index (χ2n) is 3.67. The summed E-state index contributed by atoms with van der Waals surface area (Å²) in [7, 11) is 0. The Labute approximate surface area is 107 Å². The number of aromatic nitrogens is 2. The van der Waals surface area contributed by atoms with E-state index in [2.05, 4.69) is 9.97 Å². The van der Waals surface area contributed by atoms with Crippen LogP contribution in [0.25, 0.3) is 0 Å². The molecule has 0 unspecified atom stereocenters. The van der Waals surface area contributed by atoms with Gasteiger partial charge in [-0.05, 0) is 17.7 Å². The molecule has 1 aliphatic rings. The Balaban J connectivity index is 2.18. The van der Waals surface area contributed by atoms with Gasteiger partial charge in [0.25, 0.3) is 0 Å². The molecule has 17 heavy (non-hydrogen) atoms. The average Bonchev–Trinajstić information content (AvgIpc) is 2.46. The van der Waals surface area contributed by atoms with Gasteiger partial charge in [0, 0.05) is 28.6 Å². The number of hydrogen-bond acceptors (Lipinski definition) is 4. The number of nitrogens with zero attached hydrogens (tertiary/aromatic N) is 2. The fourth-order valence-electron chi connectivity index (χ4n) is 1.74. The summed E-state index contributed by atoms with van der Waals surface area (Å²) in [5.74, 6) is 0.0952. The Morgan fingerprint density at radius 1 is 1.29 bits per heavy atom. The number of carbonyl (C=O) groups excluding carboxylic acids is 1. The highest BCUT2D eigenvalue weighted by Gasteiger charge is 2.21. The molecule has 2 aromatic rings. The number of carbonyl (C=O) groups is 1. The van der Waals surface area contributed by atoms with Crippen molar-refractivity contribution in [1.29, 1.82) is 0 Å². The molecule has 0 bridgehead atoms. The summed E-state index contributed by atoms with van der Waals surface area (Å²) in [5, 5.41) is 0.978. The first-order valence-electron chi connectivity index (χ1n) is 5.05. The lowest BCUT2D eigenvalue weighted by Gasteiger charge is -2.02. The molecule has 0 fully saturated rings. The molecule has 0 amide bonds. The largest absolute Gasteiger partial charge is 0.294 e. The molecule has 1 aromatic carbocycles. The van der Waals surface area contributed by atoms with Crippen molar-refractivity contribution in [3.63, 3.8) is 0 Å². The van der Waals surface area contributed by atoms with Crippen molar-refractivity contribution in [2.75, 3.05) is 0 Å². The Kier molecular flexibility index (Phi) is 2.61. The maximum absolute atomic E-state index is 12.1. The summed E-state index contributed by atoms with van der Waals surface area (Å²) >= 11 is 7.24. The van der Waals surface area contributed by atoms with E-state index in [0.29, 0.717) is 6.42 Å². The van der Waals surface area contributed by atoms with Gasteiger partial charge in [-0.3, -0.25) is 4.79 Å². The number of benzene rings is 1. The van der Waals surface area contributed by atoms with Gasteiger partial charge in [0.2, 0.25) is 5.28 Å². The van der Waals surface area contributed by atoms with Gasteiger partial charge >= 0.3 is 0 Å². The average molecular weight is 263 g/mol. The van der Waals surface area contributed by atoms with Gasteiger partial charge in [-0.25, -0.2) is 9.97 Å². The third-order valence-corrected chi connectivity index (χ3v) is 3.85. The van der Waals surface area contributed by atoms with Gasteiger partial charge in [-0.15, -0.1) is 0 Å². The highest BCUT2D eigenvalue weighted by Crippen LogP contribution is 2.35. The van der Waals surface area contributed by atoms with E-state index in [0.717, 1.165) is 21.0 Å². The fraction of sp³-hybridized carbons (Fsp3) is 0.0833. The minimum absolute atomic E-state index is 0.0952. The summed E-state index contributed by atoms with van der Waals surface area (Å²) < 4.78 is 0. The normalized spacial score (nSPS) is 13.8. The SMILES string of the molecule is O=C1Cc2cnc(Cl)nc2Sc2ccccc21. The summed E-state index contributed by atoms with van der Waals surface area (Å²) in [4.78, 5) is 21.1. The molecule has 0 aliphatic carbocycles. The first kappa shape index (κ1) is 10.7. The lowest BCUT2D eigenvalue weighted by Crippen LogP contribution is -2.03. The van der Waals surface area contributed by atoms with Crippen molar-refractivity contribution >= 4 is 29.1 Å².